The van der Waals surface area contributed by atoms with Crippen molar-refractivity contribution in [2.45, 2.75) is 6.92 Å². The maximum atomic E-state index is 10.8. The van der Waals surface area contributed by atoms with Crippen molar-refractivity contribution in [2.24, 2.45) is 0 Å². The van der Waals surface area contributed by atoms with Crippen LogP contribution < -0.4 is 9.47 Å². The zero-order chi connectivity index (χ0) is 10.7. The Morgan fingerprint density at radius 1 is 1.07 bits per heavy atom. The van der Waals surface area contributed by atoms with Crippen LogP contribution in [0.3, 0.4) is 0 Å². The molecule has 0 spiro atoms. The molecule has 0 fully saturated rings. The highest BCUT2D eigenvalue weighted by Gasteiger charge is 1.98. The van der Waals surface area contributed by atoms with Crippen LogP contribution in [0.25, 0.3) is 0 Å². The first-order valence-corrected chi connectivity index (χ1v) is 4.67. The van der Waals surface area contributed by atoms with E-state index in [9.17, 15) is 5.21 Å². The number of aryl methyl sites for hydroxylation is 1. The van der Waals surface area contributed by atoms with E-state index in [0.29, 0.717) is 5.75 Å². The van der Waals surface area contributed by atoms with E-state index in [4.69, 9.17) is 4.74 Å². The lowest BCUT2D eigenvalue weighted by Gasteiger charge is -2.05. The molecule has 0 aliphatic rings. The van der Waals surface area contributed by atoms with Crippen LogP contribution in [0.5, 0.6) is 11.5 Å². The fraction of sp³-hybridized carbons (Fsp3) is 0.0833. The summed E-state index contributed by atoms with van der Waals surface area (Å²) >= 11 is 0. The largest absolute Gasteiger partial charge is 0.619 e. The van der Waals surface area contributed by atoms with Gasteiger partial charge in [0.1, 0.15) is 11.5 Å². The summed E-state index contributed by atoms with van der Waals surface area (Å²) in [7, 11) is 0. The second kappa shape index (κ2) is 4.00. The fourth-order valence-corrected chi connectivity index (χ4v) is 1.28. The topological polar surface area (TPSA) is 36.2 Å². The van der Waals surface area contributed by atoms with Gasteiger partial charge in [0.05, 0.1) is 0 Å². The van der Waals surface area contributed by atoms with Gasteiger partial charge < -0.3 is 9.94 Å². The van der Waals surface area contributed by atoms with Crippen LogP contribution in [0.1, 0.15) is 5.56 Å². The van der Waals surface area contributed by atoms with Gasteiger partial charge in [-0.1, -0.05) is 12.1 Å². The molecule has 0 saturated heterocycles. The molecule has 15 heavy (non-hydrogen) atoms. The number of rotatable bonds is 2. The minimum absolute atomic E-state index is 0.660. The van der Waals surface area contributed by atoms with Gasteiger partial charge in [0.15, 0.2) is 12.4 Å². The maximum absolute atomic E-state index is 10.8. The smallest absolute Gasteiger partial charge is 0.184 e. The van der Waals surface area contributed by atoms with Gasteiger partial charge in [-0.3, -0.25) is 0 Å². The van der Waals surface area contributed by atoms with E-state index in [1.807, 2.05) is 31.2 Å². The summed E-state index contributed by atoms with van der Waals surface area (Å²) in [6.07, 6.45) is 2.82. The third kappa shape index (κ3) is 2.47. The molecule has 1 heterocycles. The van der Waals surface area contributed by atoms with E-state index < -0.39 is 0 Å². The van der Waals surface area contributed by atoms with Crippen molar-refractivity contribution < 1.29 is 9.47 Å². The van der Waals surface area contributed by atoms with Gasteiger partial charge in [0.25, 0.3) is 0 Å². The van der Waals surface area contributed by atoms with Crippen LogP contribution in [0.4, 0.5) is 0 Å². The number of pyridine rings is 1. The molecule has 2 rings (SSSR count). The van der Waals surface area contributed by atoms with E-state index in [1.165, 1.54) is 12.4 Å². The van der Waals surface area contributed by atoms with Crippen LogP contribution in [0.15, 0.2) is 48.8 Å². The SMILES string of the molecule is Cc1cccc(Oc2cc[n+]([O-])cc2)c1. The van der Waals surface area contributed by atoms with Crippen LogP contribution in [0.2, 0.25) is 0 Å². The van der Waals surface area contributed by atoms with E-state index in [-0.39, 0.29) is 0 Å². The van der Waals surface area contributed by atoms with Crippen LogP contribution in [0, 0.1) is 12.1 Å². The van der Waals surface area contributed by atoms with Crippen molar-refractivity contribution in [3.8, 4) is 11.5 Å². The predicted molar refractivity (Wildman–Crippen MR) is 56.7 cm³/mol. The quantitative estimate of drug-likeness (QED) is 0.552. The van der Waals surface area contributed by atoms with Gasteiger partial charge in [-0.05, 0) is 24.6 Å². The second-order valence-electron chi connectivity index (χ2n) is 3.31. The molecule has 76 valence electrons. The Morgan fingerprint density at radius 2 is 1.80 bits per heavy atom. The maximum Gasteiger partial charge on any atom is 0.184 e. The van der Waals surface area contributed by atoms with Crippen LogP contribution in [-0.4, -0.2) is 0 Å². The summed E-state index contributed by atoms with van der Waals surface area (Å²) < 4.78 is 6.29. The van der Waals surface area contributed by atoms with Crippen molar-refractivity contribution in [3.63, 3.8) is 0 Å². The van der Waals surface area contributed by atoms with Crippen molar-refractivity contribution in [1.82, 2.24) is 0 Å². The molecule has 0 aliphatic carbocycles. The molecule has 3 nitrogen and oxygen atoms in total. The van der Waals surface area contributed by atoms with Gasteiger partial charge >= 0.3 is 0 Å². The van der Waals surface area contributed by atoms with E-state index >= 15 is 0 Å². The zero-order valence-corrected chi connectivity index (χ0v) is 8.38. The zero-order valence-electron chi connectivity index (χ0n) is 8.38. The number of hydrogen-bond donors (Lipinski definition) is 0. The molecule has 0 aliphatic heterocycles. The first-order chi connectivity index (χ1) is 7.24. The minimum Gasteiger partial charge on any atom is -0.619 e. The Morgan fingerprint density at radius 3 is 2.47 bits per heavy atom. The molecular formula is C12H11NO2. The normalized spacial score (nSPS) is 9.93. The Kier molecular flexibility index (Phi) is 2.54. The lowest BCUT2D eigenvalue weighted by molar-refractivity contribution is -0.605. The average Bonchev–Trinajstić information content (AvgIpc) is 2.22. The number of ether oxygens (including phenoxy) is 1. The lowest BCUT2D eigenvalue weighted by atomic mass is 10.2. The summed E-state index contributed by atoms with van der Waals surface area (Å²) in [5.74, 6) is 1.44. The molecule has 0 bridgehead atoms. The van der Waals surface area contributed by atoms with E-state index in [1.54, 1.807) is 12.1 Å². The highest BCUT2D eigenvalue weighted by molar-refractivity contribution is 5.32. The van der Waals surface area contributed by atoms with Crippen LogP contribution >= 0.6 is 0 Å². The monoisotopic (exact) mass is 201 g/mol. The van der Waals surface area contributed by atoms with Gasteiger partial charge in [-0.15, -0.1) is 0 Å². The summed E-state index contributed by atoms with van der Waals surface area (Å²) in [5.41, 5.74) is 1.14. The van der Waals surface area contributed by atoms with Crippen molar-refractivity contribution >= 4 is 0 Å². The van der Waals surface area contributed by atoms with E-state index in [2.05, 4.69) is 0 Å². The molecule has 1 aromatic carbocycles. The summed E-state index contributed by atoms with van der Waals surface area (Å²) in [5, 5.41) is 10.8. The molecule has 0 amide bonds. The molecule has 2 aromatic rings. The molecule has 0 unspecified atom stereocenters. The molecule has 3 heteroatoms. The average molecular weight is 201 g/mol. The Labute approximate surface area is 88.1 Å². The summed E-state index contributed by atoms with van der Waals surface area (Å²) in [6, 6.07) is 11.0. The number of aromatic nitrogens is 1. The van der Waals surface area contributed by atoms with Crippen molar-refractivity contribution in [3.05, 3.63) is 59.6 Å². The van der Waals surface area contributed by atoms with Crippen molar-refractivity contribution in [1.29, 1.82) is 0 Å². The molecule has 0 N–H and O–H groups in total. The van der Waals surface area contributed by atoms with Crippen molar-refractivity contribution in [2.75, 3.05) is 0 Å². The standard InChI is InChI=1S/C12H11NO2/c1-10-3-2-4-12(9-10)15-11-5-7-13(14)8-6-11/h2-9H,1H3. The molecule has 0 saturated carbocycles. The van der Waals surface area contributed by atoms with Crippen LogP contribution in [-0.2, 0) is 0 Å². The number of benzene rings is 1. The highest BCUT2D eigenvalue weighted by atomic mass is 16.5. The highest BCUT2D eigenvalue weighted by Crippen LogP contribution is 2.20. The minimum atomic E-state index is 0.660. The second-order valence-corrected chi connectivity index (χ2v) is 3.31. The Hall–Kier alpha value is -2.03. The fourth-order valence-electron chi connectivity index (χ4n) is 1.28. The molecule has 0 radical (unpaired) electrons. The van der Waals surface area contributed by atoms with Gasteiger partial charge in [-0.2, -0.15) is 4.73 Å². The molecule has 1 aromatic heterocycles. The predicted octanol–water partition coefficient (Wildman–Crippen LogP) is 2.42. The first kappa shape index (κ1) is 9.52. The summed E-state index contributed by atoms with van der Waals surface area (Å²) in [6.45, 7) is 2.00. The first-order valence-electron chi connectivity index (χ1n) is 4.67. The van der Waals surface area contributed by atoms with Gasteiger partial charge in [-0.25, -0.2) is 0 Å². The van der Waals surface area contributed by atoms with Gasteiger partial charge in [0, 0.05) is 12.1 Å². The van der Waals surface area contributed by atoms with E-state index in [0.717, 1.165) is 16.0 Å². The molecular weight excluding hydrogens is 190 g/mol. The number of hydrogen-bond acceptors (Lipinski definition) is 2. The molecule has 0 atom stereocenters. The summed E-state index contributed by atoms with van der Waals surface area (Å²) in [4.78, 5) is 0. The third-order valence-electron chi connectivity index (χ3n) is 2.00. The lowest BCUT2D eigenvalue weighted by Crippen LogP contribution is -2.23. The third-order valence-corrected chi connectivity index (χ3v) is 2.00. The Balaban J connectivity index is 2.18. The Bertz CT molecular complexity index is 451. The number of nitrogens with zero attached hydrogens (tertiary/aromatic N) is 1. The van der Waals surface area contributed by atoms with Gasteiger partial charge in [0.2, 0.25) is 0 Å².